The van der Waals surface area contributed by atoms with E-state index < -0.39 is 32.0 Å². The summed E-state index contributed by atoms with van der Waals surface area (Å²) in [5.74, 6) is -1.63. The van der Waals surface area contributed by atoms with Gasteiger partial charge in [0.25, 0.3) is 5.69 Å². The van der Waals surface area contributed by atoms with Crippen molar-refractivity contribution < 1.29 is 23.2 Å². The Labute approximate surface area is 199 Å². The molecule has 1 rings (SSSR count). The highest BCUT2D eigenvalue weighted by Crippen LogP contribution is 2.24. The first kappa shape index (κ1) is 29.1. The molecule has 0 bridgehead atoms. The van der Waals surface area contributed by atoms with Gasteiger partial charge in [-0.15, -0.1) is 0 Å². The summed E-state index contributed by atoms with van der Waals surface area (Å²) in [6, 6.07) is 2.87. The van der Waals surface area contributed by atoms with Crippen LogP contribution in [0.2, 0.25) is 0 Å². The summed E-state index contributed by atoms with van der Waals surface area (Å²) in [5, 5.41) is 20.1. The lowest BCUT2D eigenvalue weighted by Crippen LogP contribution is -2.13. The van der Waals surface area contributed by atoms with E-state index in [1.54, 1.807) is 0 Å². The molecule has 1 aromatic carbocycles. The van der Waals surface area contributed by atoms with Gasteiger partial charge in [0, 0.05) is 12.1 Å². The molecule has 0 aliphatic rings. The number of nitrogens with zero attached hydrogens (tertiary/aromatic N) is 1. The second-order valence-corrected chi connectivity index (χ2v) is 10.9. The summed E-state index contributed by atoms with van der Waals surface area (Å²) in [6.07, 6.45) is 19.0. The van der Waals surface area contributed by atoms with Gasteiger partial charge >= 0.3 is 5.97 Å². The summed E-state index contributed by atoms with van der Waals surface area (Å²) in [5.41, 5.74) is -0.977. The topological polar surface area (TPSA) is 115 Å². The van der Waals surface area contributed by atoms with Crippen molar-refractivity contribution in [2.45, 2.75) is 115 Å². The fourth-order valence-electron chi connectivity index (χ4n) is 4.02. The van der Waals surface area contributed by atoms with Gasteiger partial charge in [-0.05, 0) is 12.5 Å². The van der Waals surface area contributed by atoms with E-state index in [9.17, 15) is 28.4 Å². The molecular weight excluding hydrogens is 442 g/mol. The van der Waals surface area contributed by atoms with Gasteiger partial charge in [-0.2, -0.15) is 0 Å². The predicted octanol–water partition coefficient (Wildman–Crippen LogP) is 7.33. The average Bonchev–Trinajstić information content (AvgIpc) is 2.78. The van der Waals surface area contributed by atoms with E-state index in [4.69, 9.17) is 0 Å². The van der Waals surface area contributed by atoms with Crippen molar-refractivity contribution in [1.29, 1.82) is 0 Å². The molecular formula is C25H41NO6S. The molecule has 7 nitrogen and oxygen atoms in total. The summed E-state index contributed by atoms with van der Waals surface area (Å²) < 4.78 is 25.1. The van der Waals surface area contributed by atoms with Gasteiger partial charge in [-0.3, -0.25) is 10.1 Å². The Morgan fingerprint density at radius 1 is 0.818 bits per heavy atom. The molecule has 33 heavy (non-hydrogen) atoms. The van der Waals surface area contributed by atoms with Crippen molar-refractivity contribution in [1.82, 2.24) is 0 Å². The number of carbonyl (C=O) groups is 1. The summed E-state index contributed by atoms with van der Waals surface area (Å²) >= 11 is 0. The third-order valence-corrected chi connectivity index (χ3v) is 7.86. The van der Waals surface area contributed by atoms with Gasteiger partial charge < -0.3 is 5.11 Å². The van der Waals surface area contributed by atoms with Crippen molar-refractivity contribution in [3.8, 4) is 0 Å². The second kappa shape index (κ2) is 16.6. The molecule has 0 aromatic heterocycles. The average molecular weight is 484 g/mol. The quantitative estimate of drug-likeness (QED) is 0.118. The number of rotatable bonds is 20. The zero-order chi connectivity index (χ0) is 24.5. The van der Waals surface area contributed by atoms with Gasteiger partial charge in [0.2, 0.25) is 0 Å². The van der Waals surface area contributed by atoms with E-state index in [2.05, 4.69) is 6.92 Å². The van der Waals surface area contributed by atoms with Gasteiger partial charge in [-0.1, -0.05) is 103 Å². The van der Waals surface area contributed by atoms with Crippen molar-refractivity contribution >= 4 is 21.5 Å². The van der Waals surface area contributed by atoms with Crippen LogP contribution in [-0.2, 0) is 9.84 Å². The molecule has 0 amide bonds. The Kier molecular flexibility index (Phi) is 14.6. The van der Waals surface area contributed by atoms with Crippen molar-refractivity contribution in [3.63, 3.8) is 0 Å². The molecule has 8 heteroatoms. The molecule has 0 atom stereocenters. The largest absolute Gasteiger partial charge is 0.478 e. The number of non-ortho nitro benzene ring substituents is 1. The van der Waals surface area contributed by atoms with Crippen LogP contribution in [0, 0.1) is 10.1 Å². The number of carboxylic acid groups (broad SMARTS) is 1. The fourth-order valence-corrected chi connectivity index (χ4v) is 5.58. The lowest BCUT2D eigenvalue weighted by molar-refractivity contribution is -0.384. The van der Waals surface area contributed by atoms with Crippen LogP contribution in [0.25, 0.3) is 0 Å². The molecule has 0 radical (unpaired) electrons. The van der Waals surface area contributed by atoms with E-state index in [0.717, 1.165) is 43.9 Å². The highest BCUT2D eigenvalue weighted by molar-refractivity contribution is 7.91. The third kappa shape index (κ3) is 12.2. The van der Waals surface area contributed by atoms with Crippen LogP contribution in [0.5, 0.6) is 0 Å². The maximum atomic E-state index is 12.6. The number of carboxylic acids is 1. The van der Waals surface area contributed by atoms with Crippen LogP contribution < -0.4 is 0 Å². The lowest BCUT2D eigenvalue weighted by atomic mass is 10.0. The van der Waals surface area contributed by atoms with E-state index in [-0.39, 0.29) is 10.6 Å². The minimum atomic E-state index is -3.80. The molecule has 0 spiro atoms. The summed E-state index contributed by atoms with van der Waals surface area (Å²) in [6.45, 7) is 2.24. The second-order valence-electron chi connectivity index (χ2n) is 8.86. The number of benzene rings is 1. The Morgan fingerprint density at radius 3 is 1.64 bits per heavy atom. The first-order chi connectivity index (χ1) is 15.8. The van der Waals surface area contributed by atoms with Crippen molar-refractivity contribution in [2.75, 3.05) is 5.75 Å². The van der Waals surface area contributed by atoms with E-state index in [1.807, 2.05) is 0 Å². The smallest absolute Gasteiger partial charge is 0.337 e. The molecule has 0 unspecified atom stereocenters. The maximum absolute atomic E-state index is 12.6. The number of unbranched alkanes of at least 4 members (excludes halogenated alkanes) is 15. The van der Waals surface area contributed by atoms with E-state index in [1.165, 1.54) is 70.6 Å². The molecule has 1 N–H and O–H groups in total. The molecule has 0 aliphatic carbocycles. The third-order valence-electron chi connectivity index (χ3n) is 6.01. The maximum Gasteiger partial charge on any atom is 0.337 e. The summed E-state index contributed by atoms with van der Waals surface area (Å²) in [7, 11) is -3.80. The molecule has 188 valence electrons. The number of hydrogen-bond acceptors (Lipinski definition) is 5. The zero-order valence-electron chi connectivity index (χ0n) is 20.1. The molecule has 0 saturated heterocycles. The Morgan fingerprint density at radius 2 is 1.24 bits per heavy atom. The Hall–Kier alpha value is -1.96. The monoisotopic (exact) mass is 483 g/mol. The normalized spacial score (nSPS) is 11.5. The lowest BCUT2D eigenvalue weighted by Gasteiger charge is -2.08. The van der Waals surface area contributed by atoms with Gasteiger partial charge in [-0.25, -0.2) is 13.2 Å². The molecule has 0 heterocycles. The first-order valence-corrected chi connectivity index (χ1v) is 14.2. The van der Waals surface area contributed by atoms with Gasteiger partial charge in [0.15, 0.2) is 9.84 Å². The highest BCUT2D eigenvalue weighted by Gasteiger charge is 2.24. The number of sulfone groups is 1. The highest BCUT2D eigenvalue weighted by atomic mass is 32.2. The van der Waals surface area contributed by atoms with Crippen molar-refractivity contribution in [2.24, 2.45) is 0 Å². The fraction of sp³-hybridized carbons (Fsp3) is 0.720. The molecule has 0 fully saturated rings. The molecule has 1 aromatic rings. The first-order valence-electron chi connectivity index (χ1n) is 12.5. The van der Waals surface area contributed by atoms with Crippen LogP contribution in [0.1, 0.15) is 120 Å². The van der Waals surface area contributed by atoms with Gasteiger partial charge in [0.1, 0.15) is 0 Å². The van der Waals surface area contributed by atoms with Crippen LogP contribution in [-0.4, -0.2) is 30.2 Å². The summed E-state index contributed by atoms with van der Waals surface area (Å²) in [4.78, 5) is 21.1. The van der Waals surface area contributed by atoms with Crippen LogP contribution >= 0.6 is 0 Å². The van der Waals surface area contributed by atoms with Crippen LogP contribution in [0.15, 0.2) is 23.1 Å². The van der Waals surface area contributed by atoms with Crippen LogP contribution in [0.4, 0.5) is 5.69 Å². The minimum Gasteiger partial charge on any atom is -0.478 e. The van der Waals surface area contributed by atoms with Crippen molar-refractivity contribution in [3.05, 3.63) is 33.9 Å². The number of aromatic carboxylic acids is 1. The van der Waals surface area contributed by atoms with E-state index >= 15 is 0 Å². The SMILES string of the molecule is CCCCCCCCCCCCCCCCCCS(=O)(=O)c1ccc([N+](=O)[O-])cc1C(=O)O. The predicted molar refractivity (Wildman–Crippen MR) is 132 cm³/mol. The zero-order valence-corrected chi connectivity index (χ0v) is 20.9. The Bertz CT molecular complexity index is 822. The van der Waals surface area contributed by atoms with Gasteiger partial charge in [0.05, 0.1) is 21.1 Å². The number of nitro benzene ring substituents is 1. The molecule has 0 saturated carbocycles. The Balaban J connectivity index is 2.16. The van der Waals surface area contributed by atoms with Crippen LogP contribution in [0.3, 0.4) is 0 Å². The minimum absolute atomic E-state index is 0.149. The number of nitro groups is 1. The standard InChI is InChI=1S/C25H41NO6S/c1-2-3-4-5-6-7-8-9-10-11-12-13-14-15-16-17-20-33(31,32)24-19-18-22(26(29)30)21-23(24)25(27)28/h18-19,21H,2-17,20H2,1H3,(H,27,28). The number of hydrogen-bond donors (Lipinski definition) is 1. The van der Waals surface area contributed by atoms with E-state index in [0.29, 0.717) is 6.42 Å². The molecule has 0 aliphatic heterocycles.